The summed E-state index contributed by atoms with van der Waals surface area (Å²) in [5, 5.41) is 13.5. The van der Waals surface area contributed by atoms with Crippen molar-refractivity contribution >= 4 is 11.9 Å². The third kappa shape index (κ3) is 7.63. The van der Waals surface area contributed by atoms with Gasteiger partial charge in [-0.2, -0.15) is 5.26 Å². The number of likely N-dealkylation sites (N-methyl/N-ethyl adjacent to an activating group) is 1. The van der Waals surface area contributed by atoms with Gasteiger partial charge in [0.05, 0.1) is 18.5 Å². The molecule has 0 saturated carbocycles. The van der Waals surface area contributed by atoms with E-state index in [2.05, 4.69) is 16.7 Å². The van der Waals surface area contributed by atoms with Crippen molar-refractivity contribution in [3.8, 4) is 6.07 Å². The molecule has 0 aromatic carbocycles. The van der Waals surface area contributed by atoms with Gasteiger partial charge >= 0.3 is 6.03 Å². The third-order valence-electron chi connectivity index (χ3n) is 2.24. The molecular formula is C12H22N4O2. The summed E-state index contributed by atoms with van der Waals surface area (Å²) in [4.78, 5) is 24.7. The van der Waals surface area contributed by atoms with Crippen LogP contribution in [0, 0.1) is 17.2 Å². The number of carbonyl (C=O) groups is 2. The summed E-state index contributed by atoms with van der Waals surface area (Å²) in [5.41, 5.74) is 0. The maximum absolute atomic E-state index is 11.6. The molecule has 0 bridgehead atoms. The Hall–Kier alpha value is -1.61. The molecule has 18 heavy (non-hydrogen) atoms. The molecule has 0 aromatic heterocycles. The van der Waals surface area contributed by atoms with Gasteiger partial charge < -0.3 is 5.32 Å². The topological polar surface area (TPSA) is 85.2 Å². The van der Waals surface area contributed by atoms with Gasteiger partial charge in [-0.1, -0.05) is 6.92 Å². The number of hydrogen-bond acceptors (Lipinski definition) is 4. The first-order chi connectivity index (χ1) is 8.38. The first-order valence-electron chi connectivity index (χ1n) is 6.11. The highest BCUT2D eigenvalue weighted by atomic mass is 16.2. The molecule has 0 aliphatic heterocycles. The minimum absolute atomic E-state index is 0.0151. The zero-order valence-electron chi connectivity index (χ0n) is 11.5. The van der Waals surface area contributed by atoms with E-state index in [1.807, 2.05) is 25.7 Å². The lowest BCUT2D eigenvalue weighted by atomic mass is 10.2. The van der Waals surface area contributed by atoms with E-state index in [4.69, 9.17) is 5.26 Å². The molecule has 0 heterocycles. The largest absolute Gasteiger partial charge is 0.336 e. The smallest absolute Gasteiger partial charge is 0.321 e. The molecule has 0 aliphatic carbocycles. The Balaban J connectivity index is 4.12. The van der Waals surface area contributed by atoms with E-state index in [-0.39, 0.29) is 24.4 Å². The molecule has 0 saturated heterocycles. The summed E-state index contributed by atoms with van der Waals surface area (Å²) in [6, 6.07) is 1.62. The number of nitriles is 1. The molecule has 0 spiro atoms. The molecule has 0 rings (SSSR count). The van der Waals surface area contributed by atoms with Crippen molar-refractivity contribution in [2.75, 3.05) is 19.6 Å². The van der Waals surface area contributed by atoms with E-state index in [1.54, 1.807) is 6.92 Å². The highest BCUT2D eigenvalue weighted by Crippen LogP contribution is 1.97. The predicted molar refractivity (Wildman–Crippen MR) is 68.7 cm³/mol. The van der Waals surface area contributed by atoms with Crippen molar-refractivity contribution in [1.29, 1.82) is 5.26 Å². The summed E-state index contributed by atoms with van der Waals surface area (Å²) in [5.74, 6) is -0.498. The van der Waals surface area contributed by atoms with E-state index in [0.717, 1.165) is 0 Å². The standard InChI is InChI=1S/C12H22N4O2/c1-5-16(7-10(4)6-13)8-11(17)15-12(18)14-9(2)3/h9-10H,5,7-8H2,1-4H3,(H2,14,15,17,18). The van der Waals surface area contributed by atoms with Gasteiger partial charge in [-0.3, -0.25) is 15.0 Å². The summed E-state index contributed by atoms with van der Waals surface area (Å²) in [6.45, 7) is 8.64. The maximum Gasteiger partial charge on any atom is 0.321 e. The average Bonchev–Trinajstić information content (AvgIpc) is 2.26. The second-order valence-corrected chi connectivity index (χ2v) is 4.53. The number of urea groups is 1. The predicted octanol–water partition coefficient (Wildman–Crippen LogP) is 0.702. The molecule has 2 N–H and O–H groups in total. The van der Waals surface area contributed by atoms with Crippen LogP contribution in [0.5, 0.6) is 0 Å². The molecule has 0 aliphatic rings. The Bertz CT molecular complexity index is 323. The van der Waals surface area contributed by atoms with Crippen molar-refractivity contribution in [3.05, 3.63) is 0 Å². The Morgan fingerprint density at radius 3 is 2.39 bits per heavy atom. The second-order valence-electron chi connectivity index (χ2n) is 4.53. The van der Waals surface area contributed by atoms with Gasteiger partial charge in [0.25, 0.3) is 0 Å². The highest BCUT2D eigenvalue weighted by Gasteiger charge is 2.14. The first-order valence-corrected chi connectivity index (χ1v) is 6.11. The Morgan fingerprint density at radius 2 is 1.94 bits per heavy atom. The number of amides is 3. The fourth-order valence-corrected chi connectivity index (χ4v) is 1.40. The van der Waals surface area contributed by atoms with Crippen LogP contribution in [-0.2, 0) is 4.79 Å². The maximum atomic E-state index is 11.6. The Kier molecular flexibility index (Phi) is 7.72. The number of imide groups is 1. The van der Waals surface area contributed by atoms with Gasteiger partial charge in [0.15, 0.2) is 0 Å². The summed E-state index contributed by atoms with van der Waals surface area (Å²) in [6.07, 6.45) is 0. The Morgan fingerprint density at radius 1 is 1.33 bits per heavy atom. The zero-order chi connectivity index (χ0) is 14.1. The highest BCUT2D eigenvalue weighted by molar-refractivity contribution is 5.95. The van der Waals surface area contributed by atoms with Gasteiger partial charge in [-0.05, 0) is 27.3 Å². The number of nitrogens with zero attached hydrogens (tertiary/aromatic N) is 2. The van der Waals surface area contributed by atoms with Crippen LogP contribution >= 0.6 is 0 Å². The van der Waals surface area contributed by atoms with Crippen molar-refractivity contribution in [3.63, 3.8) is 0 Å². The van der Waals surface area contributed by atoms with E-state index in [1.165, 1.54) is 0 Å². The van der Waals surface area contributed by atoms with Gasteiger partial charge in [0.2, 0.25) is 5.91 Å². The van der Waals surface area contributed by atoms with Crippen LogP contribution < -0.4 is 10.6 Å². The van der Waals surface area contributed by atoms with E-state index in [0.29, 0.717) is 13.1 Å². The van der Waals surface area contributed by atoms with Crippen LogP contribution in [0.3, 0.4) is 0 Å². The quantitative estimate of drug-likeness (QED) is 0.730. The molecule has 0 fully saturated rings. The van der Waals surface area contributed by atoms with Crippen molar-refractivity contribution in [1.82, 2.24) is 15.5 Å². The number of carbonyl (C=O) groups excluding carboxylic acids is 2. The minimum Gasteiger partial charge on any atom is -0.336 e. The van der Waals surface area contributed by atoms with Crippen LogP contribution in [0.15, 0.2) is 0 Å². The van der Waals surface area contributed by atoms with Gasteiger partial charge in [-0.15, -0.1) is 0 Å². The van der Waals surface area contributed by atoms with Crippen molar-refractivity contribution in [2.24, 2.45) is 5.92 Å². The molecular weight excluding hydrogens is 232 g/mol. The molecule has 0 radical (unpaired) electrons. The van der Waals surface area contributed by atoms with E-state index >= 15 is 0 Å². The van der Waals surface area contributed by atoms with E-state index < -0.39 is 6.03 Å². The average molecular weight is 254 g/mol. The lowest BCUT2D eigenvalue weighted by Crippen LogP contribution is -2.46. The fourth-order valence-electron chi connectivity index (χ4n) is 1.40. The van der Waals surface area contributed by atoms with Gasteiger partial charge in [-0.25, -0.2) is 4.79 Å². The van der Waals surface area contributed by atoms with Crippen molar-refractivity contribution < 1.29 is 9.59 Å². The molecule has 0 aromatic rings. The Labute approximate surface area is 108 Å². The fraction of sp³-hybridized carbons (Fsp3) is 0.750. The third-order valence-corrected chi connectivity index (χ3v) is 2.24. The van der Waals surface area contributed by atoms with Gasteiger partial charge in [0, 0.05) is 12.6 Å². The zero-order valence-corrected chi connectivity index (χ0v) is 11.5. The summed E-state index contributed by atoms with van der Waals surface area (Å²) >= 11 is 0. The summed E-state index contributed by atoms with van der Waals surface area (Å²) in [7, 11) is 0. The molecule has 1 unspecified atom stereocenters. The van der Waals surface area contributed by atoms with E-state index in [9.17, 15) is 9.59 Å². The molecule has 3 amide bonds. The lowest BCUT2D eigenvalue weighted by molar-refractivity contribution is -0.121. The number of nitrogens with one attached hydrogen (secondary N) is 2. The minimum atomic E-state index is -0.487. The van der Waals surface area contributed by atoms with Crippen LogP contribution in [0.1, 0.15) is 27.7 Å². The molecule has 102 valence electrons. The van der Waals surface area contributed by atoms with Gasteiger partial charge in [0.1, 0.15) is 0 Å². The molecule has 1 atom stereocenters. The number of hydrogen-bond donors (Lipinski definition) is 2. The van der Waals surface area contributed by atoms with Crippen molar-refractivity contribution in [2.45, 2.75) is 33.7 Å². The normalized spacial score (nSPS) is 12.1. The van der Waals surface area contributed by atoms with Crippen LogP contribution in [-0.4, -0.2) is 42.5 Å². The van der Waals surface area contributed by atoms with Crippen LogP contribution in [0.4, 0.5) is 4.79 Å². The SMILES string of the molecule is CCN(CC(=O)NC(=O)NC(C)C)CC(C)C#N. The first kappa shape index (κ1) is 16.4. The molecule has 6 heteroatoms. The van der Waals surface area contributed by atoms with Crippen LogP contribution in [0.25, 0.3) is 0 Å². The molecule has 6 nitrogen and oxygen atoms in total. The lowest BCUT2D eigenvalue weighted by Gasteiger charge is -2.20. The summed E-state index contributed by atoms with van der Waals surface area (Å²) < 4.78 is 0. The monoisotopic (exact) mass is 254 g/mol. The van der Waals surface area contributed by atoms with Crippen LogP contribution in [0.2, 0.25) is 0 Å². The second kappa shape index (κ2) is 8.48. The number of rotatable bonds is 6.